The predicted octanol–water partition coefficient (Wildman–Crippen LogP) is 2.06. The Labute approximate surface area is 187 Å². The number of carbonyl (C=O) groups is 2. The fourth-order valence-corrected chi connectivity index (χ4v) is 5.41. The average Bonchev–Trinajstić information content (AvgIpc) is 2.99. The van der Waals surface area contributed by atoms with Crippen LogP contribution in [0.5, 0.6) is 0 Å². The molecule has 0 saturated carbocycles. The van der Waals surface area contributed by atoms with Gasteiger partial charge < -0.3 is 15.0 Å². The van der Waals surface area contributed by atoms with Crippen LogP contribution in [0.2, 0.25) is 0 Å². The van der Waals surface area contributed by atoms with Crippen molar-refractivity contribution in [2.75, 3.05) is 45.0 Å². The molecule has 1 spiro atoms. The van der Waals surface area contributed by atoms with E-state index < -0.39 is 21.6 Å². The van der Waals surface area contributed by atoms with E-state index in [0.29, 0.717) is 30.5 Å². The van der Waals surface area contributed by atoms with Gasteiger partial charge in [-0.25, -0.2) is 17.5 Å². The first-order chi connectivity index (χ1) is 14.7. The number of esters is 1. The number of amides is 1. The maximum atomic E-state index is 13.1. The normalized spacial score (nSPS) is 19.3. The van der Waals surface area contributed by atoms with Gasteiger partial charge in [-0.05, 0) is 39.8 Å². The summed E-state index contributed by atoms with van der Waals surface area (Å²) in [7, 11) is -3.30. The van der Waals surface area contributed by atoms with Crippen molar-refractivity contribution in [3.8, 4) is 0 Å². The SMILES string of the molecule is CCCCN(CCCC)CCNC(=O)C1=C(C)C(=O)OC12CCN(S(=O)(=O)CC)CC2. The molecule has 1 fully saturated rings. The van der Waals surface area contributed by atoms with Crippen LogP contribution in [0.25, 0.3) is 0 Å². The summed E-state index contributed by atoms with van der Waals surface area (Å²) in [5.41, 5.74) is -0.312. The van der Waals surface area contributed by atoms with Gasteiger partial charge in [-0.1, -0.05) is 26.7 Å². The minimum absolute atomic E-state index is 0.0363. The number of carbonyl (C=O) groups excluding carboxylic acids is 2. The van der Waals surface area contributed by atoms with E-state index in [9.17, 15) is 18.0 Å². The molecule has 0 aromatic rings. The van der Waals surface area contributed by atoms with Crippen LogP contribution in [-0.4, -0.2) is 80.1 Å². The quantitative estimate of drug-likeness (QED) is 0.451. The molecule has 0 radical (unpaired) electrons. The Morgan fingerprint density at radius 2 is 1.68 bits per heavy atom. The predicted molar refractivity (Wildman–Crippen MR) is 121 cm³/mol. The minimum atomic E-state index is -3.30. The van der Waals surface area contributed by atoms with Gasteiger partial charge in [0.05, 0.1) is 11.3 Å². The summed E-state index contributed by atoms with van der Waals surface area (Å²) in [5.74, 6) is -0.722. The maximum absolute atomic E-state index is 13.1. The monoisotopic (exact) mass is 457 g/mol. The van der Waals surface area contributed by atoms with Crippen molar-refractivity contribution < 1.29 is 22.7 Å². The molecule has 2 heterocycles. The van der Waals surface area contributed by atoms with Crippen LogP contribution < -0.4 is 5.32 Å². The zero-order valence-corrected chi connectivity index (χ0v) is 20.4. The third kappa shape index (κ3) is 6.29. The van der Waals surface area contributed by atoms with Gasteiger partial charge >= 0.3 is 5.97 Å². The maximum Gasteiger partial charge on any atom is 0.335 e. The van der Waals surface area contributed by atoms with E-state index in [2.05, 4.69) is 24.1 Å². The van der Waals surface area contributed by atoms with E-state index in [1.54, 1.807) is 13.8 Å². The van der Waals surface area contributed by atoms with Crippen LogP contribution in [0.1, 0.15) is 66.2 Å². The molecule has 31 heavy (non-hydrogen) atoms. The molecule has 0 unspecified atom stereocenters. The first kappa shape index (κ1) is 25.8. The zero-order chi connectivity index (χ0) is 23.1. The first-order valence-electron chi connectivity index (χ1n) is 11.6. The minimum Gasteiger partial charge on any atom is -0.450 e. The second-order valence-corrected chi connectivity index (χ2v) is 10.7. The Bertz CT molecular complexity index is 762. The summed E-state index contributed by atoms with van der Waals surface area (Å²) in [4.78, 5) is 27.8. The molecule has 8 nitrogen and oxygen atoms in total. The number of piperidine rings is 1. The zero-order valence-electron chi connectivity index (χ0n) is 19.5. The van der Waals surface area contributed by atoms with Gasteiger partial charge in [0.15, 0.2) is 0 Å². The fourth-order valence-electron chi connectivity index (χ4n) is 4.30. The summed E-state index contributed by atoms with van der Waals surface area (Å²) in [6.45, 7) is 11.4. The Hall–Kier alpha value is -1.45. The molecule has 0 aliphatic carbocycles. The van der Waals surface area contributed by atoms with Crippen LogP contribution in [-0.2, 0) is 24.3 Å². The number of nitrogens with zero attached hydrogens (tertiary/aromatic N) is 2. The van der Waals surface area contributed by atoms with Gasteiger partial charge in [0, 0.05) is 44.6 Å². The van der Waals surface area contributed by atoms with Crippen molar-refractivity contribution in [2.24, 2.45) is 0 Å². The largest absolute Gasteiger partial charge is 0.450 e. The van der Waals surface area contributed by atoms with Crippen molar-refractivity contribution in [1.29, 1.82) is 0 Å². The van der Waals surface area contributed by atoms with Crippen LogP contribution in [0.15, 0.2) is 11.1 Å². The second-order valence-electron chi connectivity index (χ2n) is 8.49. The fraction of sp³-hybridized carbons (Fsp3) is 0.818. The third-order valence-corrected chi connectivity index (χ3v) is 8.19. The summed E-state index contributed by atoms with van der Waals surface area (Å²) < 4.78 is 31.4. The molecule has 0 aromatic heterocycles. The van der Waals surface area contributed by atoms with E-state index in [4.69, 9.17) is 4.74 Å². The third-order valence-electron chi connectivity index (χ3n) is 6.31. The van der Waals surface area contributed by atoms with Gasteiger partial charge in [0.2, 0.25) is 10.0 Å². The van der Waals surface area contributed by atoms with Crippen molar-refractivity contribution in [2.45, 2.75) is 71.8 Å². The molecular weight excluding hydrogens is 418 g/mol. The molecule has 1 N–H and O–H groups in total. The number of unbranched alkanes of at least 4 members (excludes halogenated alkanes) is 2. The second kappa shape index (κ2) is 11.4. The number of hydrogen-bond acceptors (Lipinski definition) is 6. The Morgan fingerprint density at radius 1 is 1.10 bits per heavy atom. The first-order valence-corrected chi connectivity index (χ1v) is 13.2. The van der Waals surface area contributed by atoms with Crippen LogP contribution in [0.4, 0.5) is 0 Å². The highest BCUT2D eigenvalue weighted by Gasteiger charge is 2.51. The van der Waals surface area contributed by atoms with E-state index >= 15 is 0 Å². The lowest BCUT2D eigenvalue weighted by molar-refractivity contribution is -0.150. The molecular formula is C22H39N3O5S. The molecule has 2 rings (SSSR count). The van der Waals surface area contributed by atoms with Crippen molar-refractivity contribution in [3.05, 3.63) is 11.1 Å². The van der Waals surface area contributed by atoms with Crippen molar-refractivity contribution in [3.63, 3.8) is 0 Å². The molecule has 2 aliphatic rings. The Balaban J connectivity index is 2.02. The van der Waals surface area contributed by atoms with E-state index in [-0.39, 0.29) is 24.7 Å². The molecule has 9 heteroatoms. The summed E-state index contributed by atoms with van der Waals surface area (Å²) >= 11 is 0. The van der Waals surface area contributed by atoms with Crippen molar-refractivity contribution >= 4 is 21.9 Å². The lowest BCUT2D eigenvalue weighted by Gasteiger charge is -2.38. The highest BCUT2D eigenvalue weighted by atomic mass is 32.2. The number of sulfonamides is 1. The van der Waals surface area contributed by atoms with Crippen LogP contribution in [0, 0.1) is 0 Å². The highest BCUT2D eigenvalue weighted by molar-refractivity contribution is 7.89. The van der Waals surface area contributed by atoms with Gasteiger partial charge in [-0.3, -0.25) is 4.79 Å². The van der Waals surface area contributed by atoms with Gasteiger partial charge in [-0.2, -0.15) is 0 Å². The molecule has 0 aromatic carbocycles. The lowest BCUT2D eigenvalue weighted by Crippen LogP contribution is -2.50. The topological polar surface area (TPSA) is 96.0 Å². The van der Waals surface area contributed by atoms with Gasteiger partial charge in [0.1, 0.15) is 5.60 Å². The van der Waals surface area contributed by atoms with Gasteiger partial charge in [0.25, 0.3) is 5.91 Å². The van der Waals surface area contributed by atoms with Crippen molar-refractivity contribution in [1.82, 2.24) is 14.5 Å². The number of rotatable bonds is 12. The summed E-state index contributed by atoms with van der Waals surface area (Å²) in [6, 6.07) is 0. The van der Waals surface area contributed by atoms with Crippen LogP contribution in [0.3, 0.4) is 0 Å². The number of ether oxygens (including phenoxy) is 1. The standard InChI is InChI=1S/C22H39N3O5S/c1-5-8-13-24(14-9-6-2)17-12-23-20(26)19-18(4)21(27)30-22(19)10-15-25(16-11-22)31(28,29)7-3/h5-17H2,1-4H3,(H,23,26). The summed E-state index contributed by atoms with van der Waals surface area (Å²) in [6.07, 6.45) is 5.13. The van der Waals surface area contributed by atoms with Gasteiger partial charge in [-0.15, -0.1) is 0 Å². The number of nitrogens with one attached hydrogen (secondary N) is 1. The summed E-state index contributed by atoms with van der Waals surface area (Å²) in [5, 5.41) is 2.98. The highest BCUT2D eigenvalue weighted by Crippen LogP contribution is 2.41. The molecule has 0 bridgehead atoms. The number of hydrogen-bond donors (Lipinski definition) is 1. The van der Waals surface area contributed by atoms with E-state index in [0.717, 1.165) is 45.3 Å². The smallest absolute Gasteiger partial charge is 0.335 e. The molecule has 178 valence electrons. The molecule has 0 atom stereocenters. The van der Waals surface area contributed by atoms with E-state index in [1.807, 2.05) is 0 Å². The molecule has 1 saturated heterocycles. The Kier molecular flexibility index (Phi) is 9.51. The molecule has 1 amide bonds. The van der Waals surface area contributed by atoms with E-state index in [1.165, 1.54) is 4.31 Å². The lowest BCUT2D eigenvalue weighted by atomic mass is 9.83. The molecule has 2 aliphatic heterocycles. The average molecular weight is 458 g/mol. The Morgan fingerprint density at radius 3 is 2.19 bits per heavy atom. The van der Waals surface area contributed by atoms with Crippen LogP contribution >= 0.6 is 0 Å².